The van der Waals surface area contributed by atoms with Gasteiger partial charge >= 0.3 is 0 Å². The van der Waals surface area contributed by atoms with Gasteiger partial charge in [0.2, 0.25) is 0 Å². The Hall–Kier alpha value is -3.86. The first-order valence-electron chi connectivity index (χ1n) is 9.19. The highest BCUT2D eigenvalue weighted by atomic mass is 16.3. The van der Waals surface area contributed by atoms with Crippen LogP contribution in [0.5, 0.6) is 5.75 Å². The number of anilines is 1. The van der Waals surface area contributed by atoms with E-state index >= 15 is 0 Å². The number of ketones is 1. The molecule has 1 saturated heterocycles. The number of carbonyl (C=O) groups is 2. The molecule has 5 heteroatoms. The van der Waals surface area contributed by atoms with Gasteiger partial charge in [0.15, 0.2) is 0 Å². The van der Waals surface area contributed by atoms with E-state index in [1.54, 1.807) is 48.5 Å². The fourth-order valence-electron chi connectivity index (χ4n) is 3.60. The van der Waals surface area contributed by atoms with Crippen molar-refractivity contribution in [1.29, 1.82) is 0 Å². The Morgan fingerprint density at radius 2 is 1.59 bits per heavy atom. The van der Waals surface area contributed by atoms with Crippen LogP contribution in [0.1, 0.15) is 22.7 Å². The maximum Gasteiger partial charge on any atom is 0.300 e. The fraction of sp³-hybridized carbons (Fsp3) is 0.0833. The molecule has 4 rings (SSSR count). The van der Waals surface area contributed by atoms with Gasteiger partial charge in [-0.25, -0.2) is 0 Å². The highest BCUT2D eigenvalue weighted by Crippen LogP contribution is 2.42. The minimum atomic E-state index is -0.808. The van der Waals surface area contributed by atoms with E-state index in [0.29, 0.717) is 16.8 Å². The maximum atomic E-state index is 13.0. The van der Waals surface area contributed by atoms with Crippen LogP contribution in [-0.4, -0.2) is 21.9 Å². The first-order chi connectivity index (χ1) is 14.0. The number of aliphatic hydroxyl groups is 1. The molecular weight excluding hydrogens is 366 g/mol. The van der Waals surface area contributed by atoms with Crippen LogP contribution in [0.3, 0.4) is 0 Å². The largest absolute Gasteiger partial charge is 0.508 e. The van der Waals surface area contributed by atoms with Crippen LogP contribution < -0.4 is 4.90 Å². The number of phenols is 1. The van der Waals surface area contributed by atoms with Gasteiger partial charge in [0.05, 0.1) is 11.6 Å². The smallest absolute Gasteiger partial charge is 0.300 e. The predicted octanol–water partition coefficient (Wildman–Crippen LogP) is 4.33. The summed E-state index contributed by atoms with van der Waals surface area (Å²) >= 11 is 0. The number of rotatable bonds is 3. The van der Waals surface area contributed by atoms with E-state index in [9.17, 15) is 19.8 Å². The van der Waals surface area contributed by atoms with Crippen molar-refractivity contribution in [3.8, 4) is 5.75 Å². The van der Waals surface area contributed by atoms with E-state index in [-0.39, 0.29) is 17.1 Å². The van der Waals surface area contributed by atoms with E-state index in [4.69, 9.17) is 0 Å². The topological polar surface area (TPSA) is 77.8 Å². The van der Waals surface area contributed by atoms with Gasteiger partial charge in [0, 0.05) is 11.3 Å². The van der Waals surface area contributed by atoms with Gasteiger partial charge in [-0.05, 0) is 42.3 Å². The van der Waals surface area contributed by atoms with Gasteiger partial charge in [-0.3, -0.25) is 14.5 Å². The molecule has 1 aliphatic rings. The molecule has 1 atom stereocenters. The third-order valence-electron chi connectivity index (χ3n) is 4.98. The number of amides is 1. The molecule has 3 aromatic carbocycles. The van der Waals surface area contributed by atoms with Crippen LogP contribution in [0.25, 0.3) is 5.76 Å². The summed E-state index contributed by atoms with van der Waals surface area (Å²) in [6, 6.07) is 21.4. The Morgan fingerprint density at radius 3 is 2.24 bits per heavy atom. The number of hydrogen-bond acceptors (Lipinski definition) is 4. The quantitative estimate of drug-likeness (QED) is 0.400. The lowest BCUT2D eigenvalue weighted by Crippen LogP contribution is -2.29. The van der Waals surface area contributed by atoms with Crippen molar-refractivity contribution in [1.82, 2.24) is 0 Å². The van der Waals surface area contributed by atoms with Gasteiger partial charge in [-0.15, -0.1) is 0 Å². The molecule has 1 heterocycles. The molecule has 3 aromatic rings. The summed E-state index contributed by atoms with van der Waals surface area (Å²) < 4.78 is 0. The molecule has 0 bridgehead atoms. The Morgan fingerprint density at radius 1 is 0.897 bits per heavy atom. The predicted molar refractivity (Wildman–Crippen MR) is 111 cm³/mol. The lowest BCUT2D eigenvalue weighted by molar-refractivity contribution is -0.132. The van der Waals surface area contributed by atoms with Crippen molar-refractivity contribution < 1.29 is 19.8 Å². The molecule has 1 fully saturated rings. The van der Waals surface area contributed by atoms with Crippen molar-refractivity contribution in [3.63, 3.8) is 0 Å². The Labute approximate surface area is 168 Å². The van der Waals surface area contributed by atoms with Crippen molar-refractivity contribution in [3.05, 3.63) is 101 Å². The molecule has 29 heavy (non-hydrogen) atoms. The van der Waals surface area contributed by atoms with Crippen molar-refractivity contribution in [2.24, 2.45) is 0 Å². The SMILES string of the molecule is Cc1cccc(N2C(=O)C(=O)/C(=C(/O)c3ccccc3)C2c2ccc(O)cc2)c1. The highest BCUT2D eigenvalue weighted by molar-refractivity contribution is 6.51. The summed E-state index contributed by atoms with van der Waals surface area (Å²) in [4.78, 5) is 27.4. The number of benzene rings is 3. The summed E-state index contributed by atoms with van der Waals surface area (Å²) in [6.07, 6.45) is 0. The lowest BCUT2D eigenvalue weighted by Gasteiger charge is -2.25. The number of aromatic hydroxyl groups is 1. The molecule has 1 unspecified atom stereocenters. The van der Waals surface area contributed by atoms with E-state index in [2.05, 4.69) is 0 Å². The molecule has 0 radical (unpaired) electrons. The molecule has 0 aliphatic carbocycles. The minimum Gasteiger partial charge on any atom is -0.508 e. The highest BCUT2D eigenvalue weighted by Gasteiger charge is 2.46. The Bertz CT molecular complexity index is 1120. The second-order valence-corrected chi connectivity index (χ2v) is 6.97. The number of aryl methyl sites for hydroxylation is 1. The maximum absolute atomic E-state index is 13.0. The first kappa shape index (κ1) is 18.5. The molecule has 144 valence electrons. The van der Waals surface area contributed by atoms with Crippen molar-refractivity contribution in [2.75, 3.05) is 4.90 Å². The Kier molecular flexibility index (Phi) is 4.64. The van der Waals surface area contributed by atoms with Gasteiger partial charge in [0.1, 0.15) is 11.5 Å². The molecule has 1 amide bonds. The van der Waals surface area contributed by atoms with E-state index < -0.39 is 17.7 Å². The summed E-state index contributed by atoms with van der Waals surface area (Å²) in [7, 11) is 0. The van der Waals surface area contributed by atoms with Gasteiger partial charge in [-0.2, -0.15) is 0 Å². The molecule has 1 aliphatic heterocycles. The third-order valence-corrected chi connectivity index (χ3v) is 4.98. The third kappa shape index (κ3) is 3.27. The number of carbonyl (C=O) groups excluding carboxylic acids is 2. The van der Waals surface area contributed by atoms with Crippen LogP contribution in [0, 0.1) is 6.92 Å². The molecule has 0 saturated carbocycles. The summed E-state index contributed by atoms with van der Waals surface area (Å²) in [5.41, 5.74) is 2.60. The van der Waals surface area contributed by atoms with E-state index in [1.807, 2.05) is 25.1 Å². The number of aliphatic hydroxyl groups excluding tert-OH is 1. The van der Waals surface area contributed by atoms with E-state index in [1.165, 1.54) is 17.0 Å². The number of hydrogen-bond donors (Lipinski definition) is 2. The van der Waals surface area contributed by atoms with Gasteiger partial charge in [0.25, 0.3) is 11.7 Å². The molecule has 0 aromatic heterocycles. The van der Waals surface area contributed by atoms with Crippen molar-refractivity contribution >= 4 is 23.1 Å². The first-order valence-corrected chi connectivity index (χ1v) is 9.19. The number of nitrogens with zero attached hydrogens (tertiary/aromatic N) is 1. The monoisotopic (exact) mass is 385 g/mol. The number of Topliss-reactive ketones (excluding diaryl/α,β-unsaturated/α-hetero) is 1. The zero-order valence-electron chi connectivity index (χ0n) is 15.7. The average Bonchev–Trinajstić information content (AvgIpc) is 2.99. The summed E-state index contributed by atoms with van der Waals surface area (Å²) in [5, 5.41) is 20.6. The average molecular weight is 385 g/mol. The van der Waals surface area contributed by atoms with Gasteiger partial charge < -0.3 is 10.2 Å². The van der Waals surface area contributed by atoms with Crippen LogP contribution in [0.2, 0.25) is 0 Å². The van der Waals surface area contributed by atoms with Crippen LogP contribution in [-0.2, 0) is 9.59 Å². The molecule has 0 spiro atoms. The Balaban J connectivity index is 1.96. The summed E-state index contributed by atoms with van der Waals surface area (Å²) in [6.45, 7) is 1.90. The normalized spacial score (nSPS) is 18.2. The zero-order chi connectivity index (χ0) is 20.5. The second-order valence-electron chi connectivity index (χ2n) is 6.97. The van der Waals surface area contributed by atoms with E-state index in [0.717, 1.165) is 5.56 Å². The van der Waals surface area contributed by atoms with Crippen LogP contribution >= 0.6 is 0 Å². The van der Waals surface area contributed by atoms with Crippen LogP contribution in [0.15, 0.2) is 84.4 Å². The zero-order valence-corrected chi connectivity index (χ0v) is 15.7. The second kappa shape index (κ2) is 7.28. The minimum absolute atomic E-state index is 0.0217. The molecular formula is C24H19NO4. The van der Waals surface area contributed by atoms with Crippen LogP contribution in [0.4, 0.5) is 5.69 Å². The summed E-state index contributed by atoms with van der Waals surface area (Å²) in [5.74, 6) is -1.60. The van der Waals surface area contributed by atoms with Crippen molar-refractivity contribution in [2.45, 2.75) is 13.0 Å². The van der Waals surface area contributed by atoms with Gasteiger partial charge in [-0.1, -0.05) is 54.6 Å². The molecule has 5 nitrogen and oxygen atoms in total. The number of phenolic OH excluding ortho intramolecular Hbond substituents is 1. The standard InChI is InChI=1S/C24H19NO4/c1-15-6-5-9-18(14-15)25-21(16-10-12-19(26)13-11-16)20(23(28)24(25)29)22(27)17-7-3-2-4-8-17/h2-14,21,26-27H,1H3/b22-20+. The molecule has 2 N–H and O–H groups in total. The lowest BCUT2D eigenvalue weighted by atomic mass is 9.95. The fourth-order valence-corrected chi connectivity index (χ4v) is 3.60.